The first-order chi connectivity index (χ1) is 7.59. The highest BCUT2D eigenvalue weighted by molar-refractivity contribution is 5.72. The second-order valence-electron chi connectivity index (χ2n) is 5.32. The van der Waals surface area contributed by atoms with Crippen LogP contribution in [0.4, 0.5) is 0 Å². The highest BCUT2D eigenvalue weighted by Gasteiger charge is 2.21. The maximum absolute atomic E-state index is 11.0. The number of piperidine rings is 1. The van der Waals surface area contributed by atoms with E-state index in [4.69, 9.17) is 0 Å². The Balaban J connectivity index is 2.43. The van der Waals surface area contributed by atoms with E-state index in [0.717, 1.165) is 6.54 Å². The average molecular weight is 226 g/mol. The van der Waals surface area contributed by atoms with Crippen LogP contribution in [0.1, 0.15) is 46.5 Å². The molecular weight excluding hydrogens is 200 g/mol. The van der Waals surface area contributed by atoms with Gasteiger partial charge in [-0.05, 0) is 38.3 Å². The lowest BCUT2D eigenvalue weighted by atomic mass is 9.99. The number of likely N-dealkylation sites (tertiary alicyclic amines) is 1. The molecule has 0 spiro atoms. The van der Waals surface area contributed by atoms with Crippen LogP contribution in [0.3, 0.4) is 0 Å². The number of hydrogen-bond donors (Lipinski definition) is 1. The normalized spacial score (nSPS) is 19.8. The number of hydrogen-bond acceptors (Lipinski definition) is 2. The minimum absolute atomic E-state index is 0.0887. The van der Waals surface area contributed by atoms with Gasteiger partial charge in [0.15, 0.2) is 0 Å². The molecule has 0 bridgehead atoms. The summed E-state index contributed by atoms with van der Waals surface area (Å²) in [5.74, 6) is 0.784. The Bertz CT molecular complexity index is 210. The van der Waals surface area contributed by atoms with Crippen LogP contribution in [0.15, 0.2) is 0 Å². The van der Waals surface area contributed by atoms with Crippen LogP contribution < -0.4 is 5.32 Å². The number of carbonyl (C=O) groups is 1. The van der Waals surface area contributed by atoms with Crippen LogP contribution in [-0.4, -0.2) is 36.5 Å². The number of nitrogens with one attached hydrogen (secondary N) is 1. The average Bonchev–Trinajstić information content (AvgIpc) is 2.25. The number of nitrogens with zero attached hydrogens (tertiary/aromatic N) is 1. The predicted molar refractivity (Wildman–Crippen MR) is 67.4 cm³/mol. The molecule has 1 rings (SSSR count). The van der Waals surface area contributed by atoms with Crippen molar-refractivity contribution in [3.8, 4) is 0 Å². The van der Waals surface area contributed by atoms with Gasteiger partial charge in [-0.1, -0.05) is 20.3 Å². The maximum Gasteiger partial charge on any atom is 0.216 e. The molecule has 16 heavy (non-hydrogen) atoms. The summed E-state index contributed by atoms with van der Waals surface area (Å²) in [6.07, 6.45) is 5.18. The van der Waals surface area contributed by atoms with Gasteiger partial charge in [0.1, 0.15) is 0 Å². The molecule has 0 aliphatic carbocycles. The molecule has 0 saturated carbocycles. The third-order valence-corrected chi connectivity index (χ3v) is 3.24. The summed E-state index contributed by atoms with van der Waals surface area (Å²) in [6.45, 7) is 9.33. The first-order valence-electron chi connectivity index (χ1n) is 6.58. The lowest BCUT2D eigenvalue weighted by molar-refractivity contribution is -0.119. The minimum atomic E-state index is 0.0887. The zero-order chi connectivity index (χ0) is 12.0. The standard InChI is InChI=1S/C13H26N2O/c1-11(2)9-13(10-14-12(3)16)15-7-5-4-6-8-15/h11,13H,4-10H2,1-3H3,(H,14,16). The lowest BCUT2D eigenvalue weighted by Crippen LogP contribution is -2.46. The Hall–Kier alpha value is -0.570. The largest absolute Gasteiger partial charge is 0.355 e. The first-order valence-corrected chi connectivity index (χ1v) is 6.58. The van der Waals surface area contributed by atoms with Crippen molar-refractivity contribution in [3.63, 3.8) is 0 Å². The van der Waals surface area contributed by atoms with Crippen LogP contribution in [-0.2, 0) is 4.79 Å². The van der Waals surface area contributed by atoms with Crippen molar-refractivity contribution in [3.05, 3.63) is 0 Å². The summed E-state index contributed by atoms with van der Waals surface area (Å²) in [5.41, 5.74) is 0. The van der Waals surface area contributed by atoms with Crippen LogP contribution in [0.2, 0.25) is 0 Å². The Kier molecular flexibility index (Phi) is 5.81. The monoisotopic (exact) mass is 226 g/mol. The van der Waals surface area contributed by atoms with E-state index >= 15 is 0 Å². The van der Waals surface area contributed by atoms with Gasteiger partial charge in [0.25, 0.3) is 0 Å². The smallest absolute Gasteiger partial charge is 0.216 e. The van der Waals surface area contributed by atoms with Gasteiger partial charge in [-0.25, -0.2) is 0 Å². The molecular formula is C13H26N2O. The SMILES string of the molecule is CC(=O)NCC(CC(C)C)N1CCCCC1. The van der Waals surface area contributed by atoms with E-state index in [1.54, 1.807) is 6.92 Å². The molecule has 1 unspecified atom stereocenters. The molecule has 0 aromatic carbocycles. The summed E-state index contributed by atoms with van der Waals surface area (Å²) in [6, 6.07) is 0.532. The molecule has 1 amide bonds. The van der Waals surface area contributed by atoms with Gasteiger partial charge in [0.2, 0.25) is 5.91 Å². The summed E-state index contributed by atoms with van der Waals surface area (Å²) >= 11 is 0. The van der Waals surface area contributed by atoms with Crippen molar-refractivity contribution in [2.75, 3.05) is 19.6 Å². The van der Waals surface area contributed by atoms with Crippen molar-refractivity contribution >= 4 is 5.91 Å². The molecule has 1 N–H and O–H groups in total. The minimum Gasteiger partial charge on any atom is -0.355 e. The molecule has 1 aliphatic rings. The fourth-order valence-corrected chi connectivity index (χ4v) is 2.45. The fraction of sp³-hybridized carbons (Fsp3) is 0.923. The molecule has 1 fully saturated rings. The zero-order valence-electron chi connectivity index (χ0n) is 11.0. The Morgan fingerprint density at radius 2 is 1.88 bits per heavy atom. The highest BCUT2D eigenvalue weighted by atomic mass is 16.1. The number of rotatable bonds is 5. The van der Waals surface area contributed by atoms with Crippen LogP contribution in [0.5, 0.6) is 0 Å². The molecule has 0 aromatic heterocycles. The Morgan fingerprint density at radius 1 is 1.25 bits per heavy atom. The second kappa shape index (κ2) is 6.89. The van der Waals surface area contributed by atoms with Gasteiger partial charge in [0, 0.05) is 19.5 Å². The molecule has 3 nitrogen and oxygen atoms in total. The van der Waals surface area contributed by atoms with Crippen LogP contribution in [0.25, 0.3) is 0 Å². The van der Waals surface area contributed by atoms with Crippen LogP contribution in [0, 0.1) is 5.92 Å². The summed E-state index contributed by atoms with van der Waals surface area (Å²) in [4.78, 5) is 13.5. The predicted octanol–water partition coefficient (Wildman–Crippen LogP) is 2.02. The van der Waals surface area contributed by atoms with E-state index in [0.29, 0.717) is 12.0 Å². The molecule has 0 aromatic rings. The third kappa shape index (κ3) is 4.97. The van der Waals surface area contributed by atoms with E-state index in [9.17, 15) is 4.79 Å². The second-order valence-corrected chi connectivity index (χ2v) is 5.32. The lowest BCUT2D eigenvalue weighted by Gasteiger charge is -2.35. The molecule has 1 heterocycles. The van der Waals surface area contributed by atoms with Crippen molar-refractivity contribution in [1.29, 1.82) is 0 Å². The van der Waals surface area contributed by atoms with Gasteiger partial charge in [-0.3, -0.25) is 9.69 Å². The quantitative estimate of drug-likeness (QED) is 0.778. The van der Waals surface area contributed by atoms with Gasteiger partial charge < -0.3 is 5.32 Å². The summed E-state index contributed by atoms with van der Waals surface area (Å²) < 4.78 is 0. The van der Waals surface area contributed by atoms with Gasteiger partial charge in [-0.15, -0.1) is 0 Å². The zero-order valence-corrected chi connectivity index (χ0v) is 11.0. The topological polar surface area (TPSA) is 32.3 Å². The van der Waals surface area contributed by atoms with Crippen molar-refractivity contribution in [1.82, 2.24) is 10.2 Å². The van der Waals surface area contributed by atoms with Crippen molar-refractivity contribution in [2.24, 2.45) is 5.92 Å². The number of amides is 1. The highest BCUT2D eigenvalue weighted by Crippen LogP contribution is 2.17. The first kappa shape index (κ1) is 13.5. The molecule has 1 saturated heterocycles. The van der Waals surface area contributed by atoms with E-state index in [1.807, 2.05) is 0 Å². The molecule has 94 valence electrons. The third-order valence-electron chi connectivity index (χ3n) is 3.24. The van der Waals surface area contributed by atoms with Crippen molar-refractivity contribution in [2.45, 2.75) is 52.5 Å². The molecule has 1 aliphatic heterocycles. The summed E-state index contributed by atoms with van der Waals surface area (Å²) in [7, 11) is 0. The van der Waals surface area contributed by atoms with Gasteiger partial charge in [-0.2, -0.15) is 0 Å². The van der Waals surface area contributed by atoms with Crippen LogP contribution >= 0.6 is 0 Å². The van der Waals surface area contributed by atoms with Gasteiger partial charge in [0.05, 0.1) is 0 Å². The maximum atomic E-state index is 11.0. The van der Waals surface area contributed by atoms with Gasteiger partial charge >= 0.3 is 0 Å². The van der Waals surface area contributed by atoms with E-state index in [1.165, 1.54) is 38.8 Å². The van der Waals surface area contributed by atoms with E-state index in [2.05, 4.69) is 24.1 Å². The van der Waals surface area contributed by atoms with E-state index < -0.39 is 0 Å². The van der Waals surface area contributed by atoms with Crippen molar-refractivity contribution < 1.29 is 4.79 Å². The molecule has 3 heteroatoms. The number of carbonyl (C=O) groups excluding carboxylic acids is 1. The Labute approximate surface area is 99.6 Å². The Morgan fingerprint density at radius 3 is 2.38 bits per heavy atom. The van der Waals surface area contributed by atoms with E-state index in [-0.39, 0.29) is 5.91 Å². The summed E-state index contributed by atoms with van der Waals surface area (Å²) in [5, 5.41) is 2.97. The fourth-order valence-electron chi connectivity index (χ4n) is 2.45. The molecule has 0 radical (unpaired) electrons. The molecule has 1 atom stereocenters.